The van der Waals surface area contributed by atoms with Crippen molar-refractivity contribution in [1.82, 2.24) is 5.06 Å². The molecule has 0 aromatic carbocycles. The summed E-state index contributed by atoms with van der Waals surface area (Å²) in [5, 5.41) is 9.54. The summed E-state index contributed by atoms with van der Waals surface area (Å²) in [6.07, 6.45) is -1.79. The molecule has 0 fully saturated rings. The number of nitriles is 1. The molecule has 0 spiro atoms. The number of carbonyl (C=O) groups excluding carboxylic acids is 1. The number of hydroxylamine groups is 2. The van der Waals surface area contributed by atoms with Crippen molar-refractivity contribution in [3.8, 4) is 6.07 Å². The van der Waals surface area contributed by atoms with Crippen LogP contribution in [-0.2, 0) is 9.57 Å². The number of carbonyl (C=O) groups is 1. The van der Waals surface area contributed by atoms with Crippen molar-refractivity contribution in [3.05, 3.63) is 0 Å². The summed E-state index contributed by atoms with van der Waals surface area (Å²) >= 11 is 0. The Labute approximate surface area is 93.4 Å². The quantitative estimate of drug-likeness (QED) is 0.696. The first-order valence-corrected chi connectivity index (χ1v) is 4.74. The highest BCUT2D eigenvalue weighted by molar-refractivity contribution is 5.82. The van der Waals surface area contributed by atoms with Crippen molar-refractivity contribution < 1.29 is 14.4 Å². The zero-order chi connectivity index (χ0) is 12.3. The number of amides is 1. The Morgan fingerprint density at radius 2 is 2.38 bits per heavy atom. The number of nitrogens with zero attached hydrogens (tertiary/aromatic N) is 3. The van der Waals surface area contributed by atoms with E-state index in [2.05, 4.69) is 4.99 Å². The van der Waals surface area contributed by atoms with E-state index >= 15 is 0 Å². The van der Waals surface area contributed by atoms with Crippen molar-refractivity contribution in [2.75, 3.05) is 6.54 Å². The first-order valence-electron chi connectivity index (χ1n) is 4.74. The highest BCUT2D eigenvalue weighted by Crippen LogP contribution is 2.16. The Morgan fingerprint density at radius 1 is 1.75 bits per heavy atom. The summed E-state index contributed by atoms with van der Waals surface area (Å²) in [6.45, 7) is 5.17. The molecule has 7 nitrogen and oxygen atoms in total. The van der Waals surface area contributed by atoms with Gasteiger partial charge < -0.3 is 15.3 Å². The average Bonchev–Trinajstić information content (AvgIpc) is 2.58. The number of hydrogen-bond donors (Lipinski definition) is 1. The predicted molar refractivity (Wildman–Crippen MR) is 55.0 cm³/mol. The number of hydrogen-bond acceptors (Lipinski definition) is 6. The molecular formula is C9H14N4O3. The third kappa shape index (κ3) is 2.84. The molecule has 1 aliphatic rings. The molecule has 1 unspecified atom stereocenters. The highest BCUT2D eigenvalue weighted by Gasteiger charge is 2.35. The number of ether oxygens (including phenoxy) is 1. The highest BCUT2D eigenvalue weighted by atomic mass is 16.7. The minimum atomic E-state index is -1.03. The van der Waals surface area contributed by atoms with Crippen LogP contribution in [0.25, 0.3) is 0 Å². The monoisotopic (exact) mass is 226 g/mol. The van der Waals surface area contributed by atoms with Crippen LogP contribution in [0.2, 0.25) is 0 Å². The van der Waals surface area contributed by atoms with E-state index in [1.165, 1.54) is 0 Å². The molecular weight excluding hydrogens is 212 g/mol. The van der Waals surface area contributed by atoms with E-state index < -0.39 is 17.9 Å². The summed E-state index contributed by atoms with van der Waals surface area (Å²) in [5.74, 6) is 0.136. The molecule has 1 amide bonds. The first-order chi connectivity index (χ1) is 7.37. The standard InChI is InChI=1S/C9H14N4O3/c1-9(2,3)15-8(14)13-6(4-10)12-7(5-11)16-13/h6H,5,11H2,1-3H3. The van der Waals surface area contributed by atoms with Crippen LogP contribution in [0.1, 0.15) is 20.8 Å². The molecule has 1 heterocycles. The SMILES string of the molecule is CC(C)(C)OC(=O)N1OC(CN)=NC1C#N. The maximum absolute atomic E-state index is 11.6. The van der Waals surface area contributed by atoms with Gasteiger partial charge in [-0.15, -0.1) is 0 Å². The van der Waals surface area contributed by atoms with Gasteiger partial charge in [-0.05, 0) is 20.8 Å². The predicted octanol–water partition coefficient (Wildman–Crippen LogP) is 0.376. The largest absolute Gasteiger partial charge is 0.446 e. The van der Waals surface area contributed by atoms with Gasteiger partial charge in [0.2, 0.25) is 5.90 Å². The van der Waals surface area contributed by atoms with Gasteiger partial charge in [-0.25, -0.2) is 9.79 Å². The molecule has 0 bridgehead atoms. The van der Waals surface area contributed by atoms with Crippen LogP contribution in [-0.4, -0.2) is 35.4 Å². The maximum Gasteiger partial charge on any atom is 0.446 e. The average molecular weight is 226 g/mol. The molecule has 0 saturated heterocycles. The lowest BCUT2D eigenvalue weighted by Crippen LogP contribution is -2.39. The molecule has 0 saturated carbocycles. The van der Waals surface area contributed by atoms with Gasteiger partial charge in [-0.1, -0.05) is 5.06 Å². The second kappa shape index (κ2) is 4.37. The molecule has 1 rings (SSSR count). The lowest BCUT2D eigenvalue weighted by atomic mass is 10.2. The van der Waals surface area contributed by atoms with Crippen LogP contribution in [0, 0.1) is 11.3 Å². The van der Waals surface area contributed by atoms with Gasteiger partial charge in [0.15, 0.2) is 0 Å². The zero-order valence-electron chi connectivity index (χ0n) is 9.43. The second-order valence-electron chi connectivity index (χ2n) is 4.13. The fourth-order valence-electron chi connectivity index (χ4n) is 0.991. The molecule has 2 N–H and O–H groups in total. The minimum Gasteiger partial charge on any atom is -0.442 e. The molecule has 0 aromatic heterocycles. The molecule has 7 heteroatoms. The minimum absolute atomic E-state index is 0.0253. The molecule has 1 atom stereocenters. The van der Waals surface area contributed by atoms with Crippen molar-refractivity contribution >= 4 is 12.0 Å². The molecule has 88 valence electrons. The van der Waals surface area contributed by atoms with Crippen molar-refractivity contribution in [1.29, 1.82) is 5.26 Å². The molecule has 0 radical (unpaired) electrons. The van der Waals surface area contributed by atoms with Crippen molar-refractivity contribution in [2.24, 2.45) is 10.7 Å². The number of nitrogens with two attached hydrogens (primary N) is 1. The van der Waals surface area contributed by atoms with E-state index in [0.29, 0.717) is 0 Å². The van der Waals surface area contributed by atoms with Crippen molar-refractivity contribution in [3.63, 3.8) is 0 Å². The van der Waals surface area contributed by atoms with E-state index in [1.807, 2.05) is 0 Å². The molecule has 0 aromatic rings. The Morgan fingerprint density at radius 3 is 2.81 bits per heavy atom. The third-order valence-electron chi connectivity index (χ3n) is 1.56. The topological polar surface area (TPSA) is 101 Å². The van der Waals surface area contributed by atoms with Gasteiger partial charge in [0, 0.05) is 0 Å². The Hall–Kier alpha value is -1.81. The second-order valence-corrected chi connectivity index (χ2v) is 4.13. The summed E-state index contributed by atoms with van der Waals surface area (Å²) in [5.41, 5.74) is 4.64. The van der Waals surface area contributed by atoms with Crippen LogP contribution in [0.15, 0.2) is 4.99 Å². The van der Waals surface area contributed by atoms with Crippen LogP contribution < -0.4 is 5.73 Å². The van der Waals surface area contributed by atoms with Gasteiger partial charge in [0.25, 0.3) is 6.17 Å². The van der Waals surface area contributed by atoms with Gasteiger partial charge in [-0.3, -0.25) is 0 Å². The summed E-state index contributed by atoms with van der Waals surface area (Å²) < 4.78 is 5.04. The van der Waals surface area contributed by atoms with E-state index in [0.717, 1.165) is 5.06 Å². The maximum atomic E-state index is 11.6. The number of aliphatic imine (C=N–C) groups is 1. The summed E-state index contributed by atoms with van der Waals surface area (Å²) in [6, 6.07) is 1.80. The van der Waals surface area contributed by atoms with Gasteiger partial charge >= 0.3 is 6.09 Å². The molecule has 1 aliphatic heterocycles. The summed E-state index contributed by atoms with van der Waals surface area (Å²) in [4.78, 5) is 20.4. The zero-order valence-corrected chi connectivity index (χ0v) is 9.43. The third-order valence-corrected chi connectivity index (χ3v) is 1.56. The van der Waals surface area contributed by atoms with Crippen LogP contribution >= 0.6 is 0 Å². The number of rotatable bonds is 1. The molecule has 0 aliphatic carbocycles. The van der Waals surface area contributed by atoms with E-state index in [9.17, 15) is 4.79 Å². The van der Waals surface area contributed by atoms with Gasteiger partial charge in [0.1, 0.15) is 11.7 Å². The summed E-state index contributed by atoms with van der Waals surface area (Å²) in [7, 11) is 0. The van der Waals surface area contributed by atoms with E-state index in [-0.39, 0.29) is 12.4 Å². The lowest BCUT2D eigenvalue weighted by Gasteiger charge is -2.23. The fourth-order valence-corrected chi connectivity index (χ4v) is 0.991. The lowest BCUT2D eigenvalue weighted by molar-refractivity contribution is -0.0792. The fraction of sp³-hybridized carbons (Fsp3) is 0.667. The van der Waals surface area contributed by atoms with Crippen molar-refractivity contribution in [2.45, 2.75) is 32.5 Å². The first kappa shape index (κ1) is 12.3. The molecule has 16 heavy (non-hydrogen) atoms. The van der Waals surface area contributed by atoms with Crippen LogP contribution in [0.3, 0.4) is 0 Å². The Kier molecular flexibility index (Phi) is 3.34. The Bertz CT molecular complexity index is 353. The smallest absolute Gasteiger partial charge is 0.442 e. The van der Waals surface area contributed by atoms with E-state index in [4.69, 9.17) is 20.6 Å². The van der Waals surface area contributed by atoms with Gasteiger partial charge in [0.05, 0.1) is 6.54 Å². The van der Waals surface area contributed by atoms with Crippen LogP contribution in [0.4, 0.5) is 4.79 Å². The van der Waals surface area contributed by atoms with Crippen LogP contribution in [0.5, 0.6) is 0 Å². The van der Waals surface area contributed by atoms with Gasteiger partial charge in [-0.2, -0.15) is 5.26 Å². The normalized spacial score (nSPS) is 19.8. The van der Waals surface area contributed by atoms with E-state index in [1.54, 1.807) is 26.8 Å². The Balaban J connectivity index is 2.70.